The van der Waals surface area contributed by atoms with Crippen molar-refractivity contribution in [3.8, 4) is 0 Å². The van der Waals surface area contributed by atoms with Gasteiger partial charge >= 0.3 is 5.97 Å². The van der Waals surface area contributed by atoms with Gasteiger partial charge in [-0.05, 0) is 19.8 Å². The van der Waals surface area contributed by atoms with Crippen LogP contribution in [0.3, 0.4) is 0 Å². The summed E-state index contributed by atoms with van der Waals surface area (Å²) in [5.74, 6) is -4.28. The number of rotatable bonds is 14. The van der Waals surface area contributed by atoms with E-state index in [0.717, 1.165) is 0 Å². The number of hydrogen-bond donors (Lipinski definition) is 10. The van der Waals surface area contributed by atoms with Crippen molar-refractivity contribution >= 4 is 42.3 Å². The number of nitrogens with one attached hydrogen (secondary N) is 3. The van der Waals surface area contributed by atoms with Crippen molar-refractivity contribution in [1.29, 1.82) is 0 Å². The van der Waals surface area contributed by atoms with Gasteiger partial charge in [-0.25, -0.2) is 4.79 Å². The van der Waals surface area contributed by atoms with E-state index in [9.17, 15) is 24.3 Å². The van der Waals surface area contributed by atoms with Crippen LogP contribution < -0.4 is 33.2 Å². The number of aliphatic imine (C=N–C) groups is 1. The molecular weight excluding hydrogens is 434 g/mol. The third-order valence-corrected chi connectivity index (χ3v) is 4.34. The van der Waals surface area contributed by atoms with Gasteiger partial charge in [0.25, 0.3) is 0 Å². The van der Waals surface area contributed by atoms with Gasteiger partial charge in [-0.3, -0.25) is 19.4 Å². The van der Waals surface area contributed by atoms with Crippen LogP contribution in [0.4, 0.5) is 0 Å². The summed E-state index contributed by atoms with van der Waals surface area (Å²) in [6, 6.07) is -5.32. The second-order valence-electron chi connectivity index (χ2n) is 6.61. The second-order valence-corrected chi connectivity index (χ2v) is 6.97. The molecule has 0 aliphatic carbocycles. The van der Waals surface area contributed by atoms with Crippen molar-refractivity contribution in [3.63, 3.8) is 0 Å². The highest BCUT2D eigenvalue weighted by molar-refractivity contribution is 7.80. The monoisotopic (exact) mass is 465 g/mol. The highest BCUT2D eigenvalue weighted by atomic mass is 32.1. The fourth-order valence-corrected chi connectivity index (χ4v) is 2.49. The predicted molar refractivity (Wildman–Crippen MR) is 114 cm³/mol. The molecule has 15 heteroatoms. The number of aliphatic carboxylic acids is 1. The molecule has 12 N–H and O–H groups in total. The van der Waals surface area contributed by atoms with Crippen LogP contribution in [0.1, 0.15) is 19.8 Å². The summed E-state index contributed by atoms with van der Waals surface area (Å²) in [6.45, 7) is 0.577. The fraction of sp³-hybridized carbons (Fsp3) is 0.688. The molecule has 0 aromatic rings. The van der Waals surface area contributed by atoms with Crippen LogP contribution in [0.25, 0.3) is 0 Å². The molecule has 0 aromatic carbocycles. The van der Waals surface area contributed by atoms with Crippen molar-refractivity contribution in [1.82, 2.24) is 16.0 Å². The first-order valence-corrected chi connectivity index (χ1v) is 9.92. The number of amides is 3. The van der Waals surface area contributed by atoms with E-state index in [-0.39, 0.29) is 24.7 Å². The van der Waals surface area contributed by atoms with Gasteiger partial charge in [0.05, 0.1) is 18.8 Å². The van der Waals surface area contributed by atoms with E-state index in [2.05, 4.69) is 28.3 Å². The number of aliphatic hydroxyl groups is 2. The maximum atomic E-state index is 12.5. The van der Waals surface area contributed by atoms with Crippen LogP contribution in [-0.4, -0.2) is 94.1 Å². The zero-order valence-corrected chi connectivity index (χ0v) is 17.9. The van der Waals surface area contributed by atoms with Gasteiger partial charge in [0.2, 0.25) is 17.7 Å². The van der Waals surface area contributed by atoms with Gasteiger partial charge in [0.1, 0.15) is 18.1 Å². The number of carboxylic acids is 1. The number of hydrogen-bond acceptors (Lipinski definition) is 9. The molecule has 14 nitrogen and oxygen atoms in total. The fourth-order valence-electron chi connectivity index (χ4n) is 2.23. The Kier molecular flexibility index (Phi) is 13.2. The molecule has 31 heavy (non-hydrogen) atoms. The summed E-state index contributed by atoms with van der Waals surface area (Å²) < 4.78 is 0. The summed E-state index contributed by atoms with van der Waals surface area (Å²) >= 11 is 3.99. The molecule has 0 aliphatic heterocycles. The Hall–Kier alpha value is -2.62. The Morgan fingerprint density at radius 3 is 2.06 bits per heavy atom. The minimum atomic E-state index is -1.62. The van der Waals surface area contributed by atoms with E-state index < -0.39 is 60.6 Å². The van der Waals surface area contributed by atoms with Crippen molar-refractivity contribution in [2.45, 2.75) is 50.0 Å². The average molecular weight is 466 g/mol. The Morgan fingerprint density at radius 1 is 1.03 bits per heavy atom. The van der Waals surface area contributed by atoms with Crippen LogP contribution in [-0.2, 0) is 19.2 Å². The molecule has 0 aliphatic rings. The Labute approximate surface area is 184 Å². The predicted octanol–water partition coefficient (Wildman–Crippen LogP) is -4.79. The molecule has 0 saturated heterocycles. The molecule has 5 atom stereocenters. The molecule has 178 valence electrons. The Bertz CT molecular complexity index is 658. The van der Waals surface area contributed by atoms with Crippen molar-refractivity contribution < 1.29 is 34.5 Å². The van der Waals surface area contributed by atoms with Crippen molar-refractivity contribution in [2.75, 3.05) is 18.9 Å². The summed E-state index contributed by atoms with van der Waals surface area (Å²) in [5, 5.41) is 34.3. The first kappa shape index (κ1) is 28.4. The molecule has 0 fully saturated rings. The van der Waals surface area contributed by atoms with Gasteiger partial charge < -0.3 is 48.5 Å². The van der Waals surface area contributed by atoms with Crippen LogP contribution in [0.2, 0.25) is 0 Å². The molecule has 3 amide bonds. The SMILES string of the molecule is CC(O)C(NC(=O)C(CS)NC(=O)C(N)CCCN=C(N)N)C(=O)NC(CO)C(=O)O. The van der Waals surface area contributed by atoms with Gasteiger partial charge in [-0.2, -0.15) is 12.6 Å². The standard InChI is InChI=1S/C16H31N7O7S/c1-7(25)11(14(28)21-9(5-24)15(29)30)23-13(27)10(6-31)22-12(26)8(17)3-2-4-20-16(18)19/h7-11,24-25,31H,2-6,17H2,1H3,(H,21,28)(H,22,26)(H,23,27)(H,29,30)(H4,18,19,20). The van der Waals surface area contributed by atoms with E-state index in [4.69, 9.17) is 27.4 Å². The number of guanidine groups is 1. The zero-order chi connectivity index (χ0) is 24.1. The van der Waals surface area contributed by atoms with Crippen molar-refractivity contribution in [3.05, 3.63) is 0 Å². The maximum Gasteiger partial charge on any atom is 0.328 e. The van der Waals surface area contributed by atoms with Gasteiger partial charge in [-0.1, -0.05) is 0 Å². The minimum Gasteiger partial charge on any atom is -0.480 e. The molecule has 0 rings (SSSR count). The van der Waals surface area contributed by atoms with Crippen LogP contribution >= 0.6 is 12.6 Å². The maximum absolute atomic E-state index is 12.5. The number of nitrogens with two attached hydrogens (primary N) is 3. The molecular formula is C16H31N7O7S. The van der Waals surface area contributed by atoms with E-state index in [1.165, 1.54) is 6.92 Å². The minimum absolute atomic E-state index is 0.0878. The van der Waals surface area contributed by atoms with E-state index >= 15 is 0 Å². The quantitative estimate of drug-likeness (QED) is 0.0506. The normalized spacial score (nSPS) is 15.5. The lowest BCUT2D eigenvalue weighted by molar-refractivity contribution is -0.144. The van der Waals surface area contributed by atoms with Crippen LogP contribution in [0.15, 0.2) is 4.99 Å². The summed E-state index contributed by atoms with van der Waals surface area (Å²) in [5.41, 5.74) is 16.2. The Balaban J connectivity index is 4.95. The molecule has 0 heterocycles. The summed E-state index contributed by atoms with van der Waals surface area (Å²) in [6.07, 6.45) is -0.754. The number of carbonyl (C=O) groups excluding carboxylic acids is 3. The van der Waals surface area contributed by atoms with E-state index in [0.29, 0.717) is 6.42 Å². The number of carbonyl (C=O) groups is 4. The van der Waals surface area contributed by atoms with E-state index in [1.54, 1.807) is 0 Å². The molecule has 0 spiro atoms. The zero-order valence-electron chi connectivity index (χ0n) is 17.0. The van der Waals surface area contributed by atoms with Crippen molar-refractivity contribution in [2.24, 2.45) is 22.2 Å². The van der Waals surface area contributed by atoms with Crippen LogP contribution in [0.5, 0.6) is 0 Å². The molecule has 0 saturated carbocycles. The third kappa shape index (κ3) is 10.8. The Morgan fingerprint density at radius 2 is 1.61 bits per heavy atom. The summed E-state index contributed by atoms with van der Waals surface area (Å²) in [4.78, 5) is 51.6. The second kappa shape index (κ2) is 14.4. The van der Waals surface area contributed by atoms with Gasteiger partial charge in [0, 0.05) is 12.3 Å². The first-order valence-electron chi connectivity index (χ1n) is 9.29. The van der Waals surface area contributed by atoms with E-state index in [1.807, 2.05) is 5.32 Å². The lowest BCUT2D eigenvalue weighted by Gasteiger charge is -2.25. The van der Waals surface area contributed by atoms with Gasteiger partial charge in [0.15, 0.2) is 5.96 Å². The van der Waals surface area contributed by atoms with Crippen LogP contribution in [0, 0.1) is 0 Å². The summed E-state index contributed by atoms with van der Waals surface area (Å²) in [7, 11) is 0. The lowest BCUT2D eigenvalue weighted by atomic mass is 10.1. The number of aliphatic hydroxyl groups excluding tert-OH is 2. The largest absolute Gasteiger partial charge is 0.480 e. The topological polar surface area (TPSA) is 255 Å². The smallest absolute Gasteiger partial charge is 0.328 e. The average Bonchev–Trinajstić information content (AvgIpc) is 2.69. The highest BCUT2D eigenvalue weighted by Gasteiger charge is 2.32. The number of thiol groups is 1. The molecule has 0 aromatic heterocycles. The number of nitrogens with zero attached hydrogens (tertiary/aromatic N) is 1. The highest BCUT2D eigenvalue weighted by Crippen LogP contribution is 2.00. The van der Waals surface area contributed by atoms with Gasteiger partial charge in [-0.15, -0.1) is 0 Å². The molecule has 5 unspecified atom stereocenters. The third-order valence-electron chi connectivity index (χ3n) is 3.98. The lowest BCUT2D eigenvalue weighted by Crippen LogP contribution is -2.60. The first-order chi connectivity index (χ1) is 14.4. The molecule has 0 bridgehead atoms. The molecule has 0 radical (unpaired) electrons. The number of carboxylic acid groups (broad SMARTS) is 1.